The van der Waals surface area contributed by atoms with Crippen LogP contribution in [-0.4, -0.2) is 59.5 Å². The van der Waals surface area contributed by atoms with E-state index in [2.05, 4.69) is 0 Å². The molecular weight excluding hydrogens is 365 g/mol. The third kappa shape index (κ3) is 4.70. The summed E-state index contributed by atoms with van der Waals surface area (Å²) in [7, 11) is 0.160. The summed E-state index contributed by atoms with van der Waals surface area (Å²) in [5.74, 6) is -0.594. The molecule has 1 unspecified atom stereocenters. The summed E-state index contributed by atoms with van der Waals surface area (Å²) in [6, 6.07) is 3.40. The number of rotatable bonds is 4. The maximum Gasteiger partial charge on any atom is 0.410 e. The molecule has 1 aromatic carbocycles. The predicted octanol–water partition coefficient (Wildman–Crippen LogP) is 1.69. The molecule has 0 saturated carbocycles. The van der Waals surface area contributed by atoms with E-state index in [0.717, 1.165) is 0 Å². The van der Waals surface area contributed by atoms with Crippen LogP contribution in [0.5, 0.6) is 11.5 Å². The molecule has 2 N–H and O–H groups in total. The van der Waals surface area contributed by atoms with E-state index in [0.29, 0.717) is 42.7 Å². The zero-order valence-electron chi connectivity index (χ0n) is 16.4. The molecular formula is C19H26BNO7. The Labute approximate surface area is 164 Å². The highest BCUT2D eigenvalue weighted by Gasteiger charge is 2.32. The lowest BCUT2D eigenvalue weighted by molar-refractivity contribution is -0.138. The minimum absolute atomic E-state index is 0.0000364. The van der Waals surface area contributed by atoms with Crippen molar-refractivity contribution < 1.29 is 33.9 Å². The smallest absolute Gasteiger partial charge is 0.410 e. The van der Waals surface area contributed by atoms with Gasteiger partial charge in [-0.3, -0.25) is 4.79 Å². The van der Waals surface area contributed by atoms with Gasteiger partial charge in [0.05, 0.1) is 12.5 Å². The molecule has 1 atom stereocenters. The van der Waals surface area contributed by atoms with Crippen LogP contribution in [-0.2, 0) is 14.2 Å². The molecule has 2 aliphatic rings. The number of amides is 1. The molecule has 1 aromatic rings. The number of piperidine rings is 1. The number of phenols is 1. The molecule has 0 spiro atoms. The molecule has 0 aliphatic carbocycles. The zero-order valence-corrected chi connectivity index (χ0v) is 16.4. The largest absolute Gasteiger partial charge is 0.505 e. The second kappa shape index (κ2) is 7.91. The lowest BCUT2D eigenvalue weighted by Crippen LogP contribution is -2.44. The van der Waals surface area contributed by atoms with Gasteiger partial charge in [0.1, 0.15) is 11.7 Å². The van der Waals surface area contributed by atoms with E-state index in [1.165, 1.54) is 0 Å². The maximum absolute atomic E-state index is 12.1. The highest BCUT2D eigenvalue weighted by molar-refractivity contribution is 6.50. The van der Waals surface area contributed by atoms with Crippen molar-refractivity contribution in [2.24, 2.45) is 0 Å². The number of benzene rings is 1. The van der Waals surface area contributed by atoms with Crippen LogP contribution in [0.15, 0.2) is 12.1 Å². The lowest BCUT2D eigenvalue weighted by atomic mass is 9.85. The van der Waals surface area contributed by atoms with Crippen molar-refractivity contribution >= 4 is 25.0 Å². The summed E-state index contributed by atoms with van der Waals surface area (Å²) < 4.78 is 16.8. The molecule has 0 aromatic heterocycles. The number of carboxylic acids is 1. The monoisotopic (exact) mass is 391 g/mol. The Bertz CT molecular complexity index is 753. The van der Waals surface area contributed by atoms with Gasteiger partial charge in [0.2, 0.25) is 0 Å². The van der Waals surface area contributed by atoms with E-state index in [1.54, 1.807) is 17.0 Å². The summed E-state index contributed by atoms with van der Waals surface area (Å²) >= 11 is 0. The Morgan fingerprint density at radius 2 is 1.96 bits per heavy atom. The molecule has 9 heteroatoms. The third-order valence-electron chi connectivity index (χ3n) is 4.81. The zero-order chi connectivity index (χ0) is 20.5. The minimum atomic E-state index is -0.950. The first-order valence-electron chi connectivity index (χ1n) is 9.47. The van der Waals surface area contributed by atoms with Crippen LogP contribution >= 0.6 is 0 Å². The Hall–Kier alpha value is -2.42. The molecule has 0 radical (unpaired) electrons. The number of carbonyl (C=O) groups is 2. The van der Waals surface area contributed by atoms with E-state index >= 15 is 0 Å². The molecule has 2 heterocycles. The number of fused-ring (bicyclic) bond motifs is 1. The van der Waals surface area contributed by atoms with Gasteiger partial charge in [-0.1, -0.05) is 6.07 Å². The first kappa shape index (κ1) is 20.3. The fraction of sp³-hybridized carbons (Fsp3) is 0.579. The van der Waals surface area contributed by atoms with Crippen molar-refractivity contribution in [3.63, 3.8) is 0 Å². The number of carbonyl (C=O) groups excluding carboxylic acids is 1. The Morgan fingerprint density at radius 3 is 2.57 bits per heavy atom. The van der Waals surface area contributed by atoms with Crippen molar-refractivity contribution in [3.05, 3.63) is 17.7 Å². The molecule has 28 heavy (non-hydrogen) atoms. The van der Waals surface area contributed by atoms with E-state index in [1.807, 2.05) is 20.8 Å². The van der Waals surface area contributed by atoms with E-state index in [-0.39, 0.29) is 31.8 Å². The first-order chi connectivity index (χ1) is 13.1. The number of likely N-dealkylation sites (tertiary alicyclic amines) is 1. The number of hydrogen-bond acceptors (Lipinski definition) is 6. The van der Waals surface area contributed by atoms with Crippen molar-refractivity contribution in [1.82, 2.24) is 4.90 Å². The third-order valence-corrected chi connectivity index (χ3v) is 4.81. The van der Waals surface area contributed by atoms with E-state index in [4.69, 9.17) is 19.2 Å². The van der Waals surface area contributed by atoms with Crippen LogP contribution in [0, 0.1) is 0 Å². The van der Waals surface area contributed by atoms with Crippen LogP contribution in [0.25, 0.3) is 0 Å². The van der Waals surface area contributed by atoms with Gasteiger partial charge < -0.3 is 29.2 Å². The lowest BCUT2D eigenvalue weighted by Gasteiger charge is -2.33. The van der Waals surface area contributed by atoms with Gasteiger partial charge in [0.25, 0.3) is 0 Å². The molecule has 2 aliphatic heterocycles. The predicted molar refractivity (Wildman–Crippen MR) is 102 cm³/mol. The normalized spacial score (nSPS) is 19.7. The van der Waals surface area contributed by atoms with Crippen LogP contribution in [0.2, 0.25) is 0 Å². The average molecular weight is 391 g/mol. The second-order valence-electron chi connectivity index (χ2n) is 8.16. The molecule has 1 amide bonds. The van der Waals surface area contributed by atoms with Crippen LogP contribution < -0.4 is 10.2 Å². The average Bonchev–Trinajstić information content (AvgIpc) is 2.99. The second-order valence-corrected chi connectivity index (χ2v) is 8.16. The van der Waals surface area contributed by atoms with Crippen molar-refractivity contribution in [1.29, 1.82) is 0 Å². The number of nitrogens with zero attached hydrogens (tertiary/aromatic N) is 1. The van der Waals surface area contributed by atoms with Crippen molar-refractivity contribution in [2.75, 3.05) is 13.1 Å². The van der Waals surface area contributed by atoms with Crippen LogP contribution in [0.1, 0.15) is 51.7 Å². The summed E-state index contributed by atoms with van der Waals surface area (Å²) in [6.07, 6.45) is 0.120. The summed E-state index contributed by atoms with van der Waals surface area (Å²) in [5, 5.41) is 19.5. The molecule has 8 nitrogen and oxygen atoms in total. The molecule has 1 saturated heterocycles. The van der Waals surface area contributed by atoms with Gasteiger partial charge in [-0.2, -0.15) is 0 Å². The van der Waals surface area contributed by atoms with Gasteiger partial charge in [0, 0.05) is 25.9 Å². The number of hydrogen-bond donors (Lipinski definition) is 2. The fourth-order valence-corrected chi connectivity index (χ4v) is 3.44. The topological polar surface area (TPSA) is 106 Å². The maximum atomic E-state index is 12.1. The van der Waals surface area contributed by atoms with Gasteiger partial charge in [0.15, 0.2) is 11.5 Å². The molecule has 3 rings (SSSR count). The van der Waals surface area contributed by atoms with Gasteiger partial charge in [-0.05, 0) is 37.9 Å². The molecule has 0 bridgehead atoms. The van der Waals surface area contributed by atoms with Gasteiger partial charge in [-0.25, -0.2) is 4.79 Å². The van der Waals surface area contributed by atoms with Gasteiger partial charge in [-0.15, -0.1) is 0 Å². The fourth-order valence-electron chi connectivity index (χ4n) is 3.44. The van der Waals surface area contributed by atoms with Crippen molar-refractivity contribution in [2.45, 2.75) is 57.8 Å². The summed E-state index contributed by atoms with van der Waals surface area (Å²) in [6.45, 7) is 6.55. The highest BCUT2D eigenvalue weighted by Crippen LogP contribution is 2.34. The number of ether oxygens (including phenoxy) is 2. The number of carboxylic acid groups (broad SMARTS) is 1. The number of aromatic hydroxyl groups is 1. The Morgan fingerprint density at radius 1 is 1.29 bits per heavy atom. The van der Waals surface area contributed by atoms with Crippen LogP contribution in [0.3, 0.4) is 0 Å². The Kier molecular flexibility index (Phi) is 5.74. The first-order valence-corrected chi connectivity index (χ1v) is 9.47. The van der Waals surface area contributed by atoms with Crippen molar-refractivity contribution in [3.8, 4) is 11.5 Å². The van der Waals surface area contributed by atoms with E-state index < -0.39 is 17.7 Å². The minimum Gasteiger partial charge on any atom is -0.505 e. The summed E-state index contributed by atoms with van der Waals surface area (Å²) in [5.41, 5.74) is 0.739. The number of phenolic OH excluding ortho intramolecular Hbond substituents is 1. The standard InChI is InChI=1S/C19H26BNO7/c1-19(2,3)27-18(25)21-8-6-11(7-9-21)26-13-5-4-12-14(10-15(22)23)28-20-16(12)17(13)24/h4-5,11,14,20,24H,6-10H2,1-3H3,(H,22,23). The molecule has 152 valence electrons. The quantitative estimate of drug-likeness (QED) is 0.753. The summed E-state index contributed by atoms with van der Waals surface area (Å²) in [4.78, 5) is 24.7. The SMILES string of the molecule is CC(C)(C)OC(=O)N1CCC(Oc2ccc3c(c2O)BOC3CC(=O)O)CC1. The van der Waals surface area contributed by atoms with Gasteiger partial charge >= 0.3 is 19.5 Å². The Balaban J connectivity index is 1.59. The van der Waals surface area contributed by atoms with Crippen LogP contribution in [0.4, 0.5) is 4.79 Å². The van der Waals surface area contributed by atoms with E-state index in [9.17, 15) is 14.7 Å². The highest BCUT2D eigenvalue weighted by atomic mass is 16.6. The number of aliphatic carboxylic acids is 1. The molecule has 1 fully saturated rings.